The molecule has 1 unspecified atom stereocenters. The Morgan fingerprint density at radius 2 is 1.86 bits per heavy atom. The molecule has 3 nitrogen and oxygen atoms in total. The van der Waals surface area contributed by atoms with Crippen molar-refractivity contribution in [2.75, 3.05) is 32.8 Å². The molecule has 0 aliphatic carbocycles. The summed E-state index contributed by atoms with van der Waals surface area (Å²) in [5, 5.41) is 0. The van der Waals surface area contributed by atoms with Crippen LogP contribution in [-0.2, 0) is 4.74 Å². The van der Waals surface area contributed by atoms with Gasteiger partial charge in [0, 0.05) is 25.7 Å². The van der Waals surface area contributed by atoms with Crippen molar-refractivity contribution in [2.45, 2.75) is 33.2 Å². The summed E-state index contributed by atoms with van der Waals surface area (Å²) in [5.41, 5.74) is 6.45. The minimum atomic E-state index is 0.299. The number of hydrogen-bond donors (Lipinski definition) is 1. The molecule has 2 N–H and O–H groups in total. The topological polar surface area (TPSA) is 38.5 Å². The predicted molar refractivity (Wildman–Crippen MR) is 59.3 cm³/mol. The normalized spacial score (nSPS) is 22.3. The quantitative estimate of drug-likeness (QED) is 0.741. The maximum Gasteiger partial charge on any atom is 0.0594 e. The molecule has 0 aromatic rings. The first kappa shape index (κ1) is 12.0. The molecule has 0 bridgehead atoms. The average Bonchev–Trinajstić information content (AvgIpc) is 2.02. The fourth-order valence-electron chi connectivity index (χ4n) is 1.97. The Kier molecular flexibility index (Phi) is 4.35. The Bertz CT molecular complexity index is 159. The van der Waals surface area contributed by atoms with Crippen LogP contribution in [-0.4, -0.2) is 43.8 Å². The number of morpholine rings is 1. The van der Waals surface area contributed by atoms with Crippen LogP contribution in [0.15, 0.2) is 0 Å². The van der Waals surface area contributed by atoms with Gasteiger partial charge < -0.3 is 10.5 Å². The Morgan fingerprint density at radius 3 is 2.36 bits per heavy atom. The third-order valence-electron chi connectivity index (χ3n) is 2.47. The highest BCUT2D eigenvalue weighted by Gasteiger charge is 2.19. The molecule has 0 amide bonds. The molecule has 1 rings (SSSR count). The molecular weight excluding hydrogens is 176 g/mol. The van der Waals surface area contributed by atoms with E-state index in [1.807, 2.05) is 0 Å². The maximum absolute atomic E-state index is 6.11. The standard InChI is InChI=1S/C11H24N2O/c1-11(2,3)8-10(12)9-13-4-6-14-7-5-13/h10H,4-9,12H2,1-3H3. The molecule has 3 heteroatoms. The summed E-state index contributed by atoms with van der Waals surface area (Å²) in [5.74, 6) is 0. The summed E-state index contributed by atoms with van der Waals surface area (Å²) in [6.07, 6.45) is 1.09. The van der Waals surface area contributed by atoms with E-state index in [0.717, 1.165) is 39.3 Å². The molecule has 0 saturated carbocycles. The van der Waals surface area contributed by atoms with Gasteiger partial charge in [-0.05, 0) is 11.8 Å². The van der Waals surface area contributed by atoms with Crippen LogP contribution in [0.1, 0.15) is 27.2 Å². The second-order valence-electron chi connectivity index (χ2n) is 5.44. The predicted octanol–water partition coefficient (Wildman–Crippen LogP) is 1.08. The Morgan fingerprint density at radius 1 is 1.29 bits per heavy atom. The first-order valence-corrected chi connectivity index (χ1v) is 5.53. The van der Waals surface area contributed by atoms with Gasteiger partial charge in [-0.1, -0.05) is 20.8 Å². The van der Waals surface area contributed by atoms with Crippen molar-refractivity contribution in [3.8, 4) is 0 Å². The van der Waals surface area contributed by atoms with Gasteiger partial charge >= 0.3 is 0 Å². The highest BCUT2D eigenvalue weighted by atomic mass is 16.5. The van der Waals surface area contributed by atoms with Crippen molar-refractivity contribution in [3.63, 3.8) is 0 Å². The summed E-state index contributed by atoms with van der Waals surface area (Å²) in [6.45, 7) is 11.5. The first-order valence-electron chi connectivity index (χ1n) is 5.53. The summed E-state index contributed by atoms with van der Waals surface area (Å²) in [7, 11) is 0. The van der Waals surface area contributed by atoms with Crippen LogP contribution in [0.4, 0.5) is 0 Å². The molecule has 84 valence electrons. The third kappa shape index (κ3) is 4.94. The minimum absolute atomic E-state index is 0.299. The van der Waals surface area contributed by atoms with Crippen molar-refractivity contribution < 1.29 is 4.74 Å². The summed E-state index contributed by atoms with van der Waals surface area (Å²) in [6, 6.07) is 0.299. The second kappa shape index (κ2) is 5.10. The van der Waals surface area contributed by atoms with Crippen molar-refractivity contribution in [3.05, 3.63) is 0 Å². The number of rotatable bonds is 3. The zero-order chi connectivity index (χ0) is 10.6. The van der Waals surface area contributed by atoms with Crippen LogP contribution in [0.5, 0.6) is 0 Å². The van der Waals surface area contributed by atoms with E-state index in [0.29, 0.717) is 11.5 Å². The molecular formula is C11H24N2O. The average molecular weight is 200 g/mol. The maximum atomic E-state index is 6.11. The van der Waals surface area contributed by atoms with Crippen LogP contribution in [0.25, 0.3) is 0 Å². The Balaban J connectivity index is 2.21. The van der Waals surface area contributed by atoms with Gasteiger partial charge in [-0.2, -0.15) is 0 Å². The summed E-state index contributed by atoms with van der Waals surface area (Å²) < 4.78 is 5.30. The van der Waals surface area contributed by atoms with E-state index >= 15 is 0 Å². The van der Waals surface area contributed by atoms with E-state index < -0.39 is 0 Å². The lowest BCUT2D eigenvalue weighted by Gasteiger charge is -2.31. The lowest BCUT2D eigenvalue weighted by atomic mass is 9.88. The molecule has 1 aliphatic heterocycles. The Labute approximate surface area is 87.6 Å². The van der Waals surface area contributed by atoms with E-state index in [-0.39, 0.29) is 0 Å². The molecule has 1 aliphatic rings. The highest BCUT2D eigenvalue weighted by molar-refractivity contribution is 4.75. The van der Waals surface area contributed by atoms with Gasteiger partial charge in [-0.25, -0.2) is 0 Å². The van der Waals surface area contributed by atoms with Crippen LogP contribution in [0.2, 0.25) is 0 Å². The zero-order valence-electron chi connectivity index (χ0n) is 9.75. The number of nitrogens with zero attached hydrogens (tertiary/aromatic N) is 1. The van der Waals surface area contributed by atoms with Crippen LogP contribution >= 0.6 is 0 Å². The summed E-state index contributed by atoms with van der Waals surface area (Å²) in [4.78, 5) is 2.40. The van der Waals surface area contributed by atoms with E-state index in [9.17, 15) is 0 Å². The van der Waals surface area contributed by atoms with Gasteiger partial charge in [0.25, 0.3) is 0 Å². The van der Waals surface area contributed by atoms with E-state index in [1.54, 1.807) is 0 Å². The number of hydrogen-bond acceptors (Lipinski definition) is 3. The van der Waals surface area contributed by atoms with Gasteiger partial charge in [0.05, 0.1) is 13.2 Å². The van der Waals surface area contributed by atoms with Gasteiger partial charge in [0.2, 0.25) is 0 Å². The lowest BCUT2D eigenvalue weighted by molar-refractivity contribution is 0.0335. The van der Waals surface area contributed by atoms with E-state index in [2.05, 4.69) is 25.7 Å². The molecule has 0 aromatic heterocycles. The molecule has 0 spiro atoms. The molecule has 0 radical (unpaired) electrons. The van der Waals surface area contributed by atoms with Gasteiger partial charge in [0.15, 0.2) is 0 Å². The number of ether oxygens (including phenoxy) is 1. The molecule has 1 heterocycles. The molecule has 0 aromatic carbocycles. The second-order valence-corrected chi connectivity index (χ2v) is 5.44. The van der Waals surface area contributed by atoms with Crippen molar-refractivity contribution in [1.82, 2.24) is 4.90 Å². The largest absolute Gasteiger partial charge is 0.379 e. The number of nitrogens with two attached hydrogens (primary N) is 1. The first-order chi connectivity index (χ1) is 6.47. The van der Waals surface area contributed by atoms with Crippen molar-refractivity contribution >= 4 is 0 Å². The van der Waals surface area contributed by atoms with Crippen LogP contribution in [0, 0.1) is 5.41 Å². The van der Waals surface area contributed by atoms with Crippen LogP contribution < -0.4 is 5.73 Å². The lowest BCUT2D eigenvalue weighted by Crippen LogP contribution is -2.44. The van der Waals surface area contributed by atoms with Gasteiger partial charge in [-0.3, -0.25) is 4.90 Å². The highest BCUT2D eigenvalue weighted by Crippen LogP contribution is 2.20. The molecule has 14 heavy (non-hydrogen) atoms. The Hall–Kier alpha value is -0.120. The summed E-state index contributed by atoms with van der Waals surface area (Å²) >= 11 is 0. The molecule has 1 atom stereocenters. The third-order valence-corrected chi connectivity index (χ3v) is 2.47. The smallest absolute Gasteiger partial charge is 0.0594 e. The molecule has 1 saturated heterocycles. The van der Waals surface area contributed by atoms with Crippen molar-refractivity contribution in [2.24, 2.45) is 11.1 Å². The SMILES string of the molecule is CC(C)(C)CC(N)CN1CCOCC1. The fourth-order valence-corrected chi connectivity index (χ4v) is 1.97. The van der Waals surface area contributed by atoms with Crippen molar-refractivity contribution in [1.29, 1.82) is 0 Å². The zero-order valence-corrected chi connectivity index (χ0v) is 9.75. The van der Waals surface area contributed by atoms with Gasteiger partial charge in [0.1, 0.15) is 0 Å². The monoisotopic (exact) mass is 200 g/mol. The van der Waals surface area contributed by atoms with Crippen LogP contribution in [0.3, 0.4) is 0 Å². The molecule has 1 fully saturated rings. The fraction of sp³-hybridized carbons (Fsp3) is 1.00. The van der Waals surface area contributed by atoms with E-state index in [4.69, 9.17) is 10.5 Å². The van der Waals surface area contributed by atoms with E-state index in [1.165, 1.54) is 0 Å². The minimum Gasteiger partial charge on any atom is -0.379 e. The van der Waals surface area contributed by atoms with Gasteiger partial charge in [-0.15, -0.1) is 0 Å².